The minimum Gasteiger partial charge on any atom is -0.373 e. The van der Waals surface area contributed by atoms with Crippen LogP contribution in [-0.4, -0.2) is 55.9 Å². The molecule has 32 heavy (non-hydrogen) atoms. The summed E-state index contributed by atoms with van der Waals surface area (Å²) < 4.78 is 7.71. The zero-order chi connectivity index (χ0) is 22.4. The fraction of sp³-hybridized carbons (Fsp3) is 0.565. The van der Waals surface area contributed by atoms with Gasteiger partial charge < -0.3 is 4.74 Å². The molecule has 0 aromatic carbocycles. The summed E-state index contributed by atoms with van der Waals surface area (Å²) in [5.74, 6) is 0.295. The van der Waals surface area contributed by atoms with Crippen LogP contribution in [0.5, 0.6) is 0 Å². The normalized spacial score (nSPS) is 22.0. The van der Waals surface area contributed by atoms with Crippen molar-refractivity contribution in [1.82, 2.24) is 24.6 Å². The third kappa shape index (κ3) is 4.42. The number of hydrogen-bond donors (Lipinski definition) is 1. The Balaban J connectivity index is 1.35. The molecule has 8 nitrogen and oxygen atoms in total. The predicted octanol–water partition coefficient (Wildman–Crippen LogP) is 4.21. The molecule has 4 heterocycles. The fourth-order valence-corrected chi connectivity index (χ4v) is 5.13. The van der Waals surface area contributed by atoms with Gasteiger partial charge in [0.25, 0.3) is 5.91 Å². The fourth-order valence-electron chi connectivity index (χ4n) is 4.44. The molecule has 1 saturated carbocycles. The van der Waals surface area contributed by atoms with Crippen molar-refractivity contribution >= 4 is 33.4 Å². The van der Waals surface area contributed by atoms with Crippen molar-refractivity contribution in [2.24, 2.45) is 0 Å². The quantitative estimate of drug-likeness (QED) is 0.601. The predicted molar refractivity (Wildman–Crippen MR) is 125 cm³/mol. The van der Waals surface area contributed by atoms with E-state index in [-0.39, 0.29) is 24.2 Å². The lowest BCUT2D eigenvalue weighted by Crippen LogP contribution is -2.44. The van der Waals surface area contributed by atoms with Crippen molar-refractivity contribution in [2.75, 3.05) is 18.4 Å². The molecular formula is C23H30N6O2S. The number of rotatable bonds is 6. The van der Waals surface area contributed by atoms with Crippen molar-refractivity contribution in [2.45, 2.75) is 71.2 Å². The SMILES string of the molecule is CC1CN(Cc2csc(NC(=O)c3cc(C4CC4)nc4c3cnn4C(C)C)n2)CC(C)O1. The summed E-state index contributed by atoms with van der Waals surface area (Å²) >= 11 is 1.46. The van der Waals surface area contributed by atoms with Crippen molar-refractivity contribution in [1.29, 1.82) is 0 Å². The highest BCUT2D eigenvalue weighted by Gasteiger charge is 2.28. The van der Waals surface area contributed by atoms with Gasteiger partial charge in [-0.15, -0.1) is 11.3 Å². The maximum atomic E-state index is 13.3. The van der Waals surface area contributed by atoms with Crippen LogP contribution < -0.4 is 5.32 Å². The first-order chi connectivity index (χ1) is 15.4. The van der Waals surface area contributed by atoms with Gasteiger partial charge in [-0.2, -0.15) is 5.10 Å². The van der Waals surface area contributed by atoms with E-state index in [9.17, 15) is 4.79 Å². The topological polar surface area (TPSA) is 85.2 Å². The van der Waals surface area contributed by atoms with E-state index in [0.29, 0.717) is 16.6 Å². The number of carbonyl (C=O) groups excluding carboxylic acids is 1. The number of nitrogens with zero attached hydrogens (tertiary/aromatic N) is 5. The van der Waals surface area contributed by atoms with Crippen LogP contribution >= 0.6 is 11.3 Å². The van der Waals surface area contributed by atoms with Crippen LogP contribution in [0, 0.1) is 0 Å². The molecule has 2 aliphatic rings. The van der Waals surface area contributed by atoms with Crippen LogP contribution in [0.15, 0.2) is 17.6 Å². The number of nitrogens with one attached hydrogen (secondary N) is 1. The van der Waals surface area contributed by atoms with Gasteiger partial charge in [0, 0.05) is 42.7 Å². The van der Waals surface area contributed by atoms with E-state index in [2.05, 4.69) is 48.0 Å². The summed E-state index contributed by atoms with van der Waals surface area (Å²) in [4.78, 5) is 25.1. The Kier molecular flexibility index (Phi) is 5.73. The molecule has 1 amide bonds. The molecule has 1 aliphatic heterocycles. The minimum absolute atomic E-state index is 0.155. The van der Waals surface area contributed by atoms with E-state index < -0.39 is 0 Å². The lowest BCUT2D eigenvalue weighted by molar-refractivity contribution is -0.0707. The van der Waals surface area contributed by atoms with Gasteiger partial charge in [-0.05, 0) is 46.6 Å². The Hall–Kier alpha value is -2.36. The molecule has 0 bridgehead atoms. The third-order valence-electron chi connectivity index (χ3n) is 5.97. The van der Waals surface area contributed by atoms with Crippen molar-refractivity contribution < 1.29 is 9.53 Å². The van der Waals surface area contributed by atoms with Crippen LogP contribution in [0.2, 0.25) is 0 Å². The summed E-state index contributed by atoms with van der Waals surface area (Å²) in [5.41, 5.74) is 3.36. The second-order valence-corrected chi connectivity index (χ2v) is 10.2. The average Bonchev–Trinajstić information content (AvgIpc) is 3.34. The molecule has 3 aromatic heterocycles. The first-order valence-corrected chi connectivity index (χ1v) is 12.3. The van der Waals surface area contributed by atoms with Gasteiger partial charge in [0.15, 0.2) is 10.8 Å². The lowest BCUT2D eigenvalue weighted by Gasteiger charge is -2.34. The van der Waals surface area contributed by atoms with Gasteiger partial charge in [-0.3, -0.25) is 15.0 Å². The summed E-state index contributed by atoms with van der Waals surface area (Å²) in [6.07, 6.45) is 4.45. The smallest absolute Gasteiger partial charge is 0.258 e. The monoisotopic (exact) mass is 454 g/mol. The Morgan fingerprint density at radius 3 is 2.69 bits per heavy atom. The number of anilines is 1. The van der Waals surface area contributed by atoms with Crippen molar-refractivity contribution in [3.05, 3.63) is 34.6 Å². The molecule has 2 unspecified atom stereocenters. The van der Waals surface area contributed by atoms with E-state index in [1.165, 1.54) is 11.3 Å². The number of amides is 1. The van der Waals surface area contributed by atoms with E-state index in [1.807, 2.05) is 16.1 Å². The molecule has 9 heteroatoms. The number of hydrogen-bond acceptors (Lipinski definition) is 7. The number of pyridine rings is 1. The number of fused-ring (bicyclic) bond motifs is 1. The third-order valence-corrected chi connectivity index (χ3v) is 6.78. The number of carbonyl (C=O) groups is 1. The molecular weight excluding hydrogens is 424 g/mol. The van der Waals surface area contributed by atoms with E-state index >= 15 is 0 Å². The van der Waals surface area contributed by atoms with Gasteiger partial charge >= 0.3 is 0 Å². The van der Waals surface area contributed by atoms with Crippen LogP contribution in [0.4, 0.5) is 5.13 Å². The number of ether oxygens (including phenoxy) is 1. The Morgan fingerprint density at radius 1 is 1.25 bits per heavy atom. The summed E-state index contributed by atoms with van der Waals surface area (Å²) in [7, 11) is 0. The second-order valence-electron chi connectivity index (χ2n) is 9.34. The van der Waals surface area contributed by atoms with Crippen LogP contribution in [-0.2, 0) is 11.3 Å². The minimum atomic E-state index is -0.155. The second kappa shape index (κ2) is 8.53. The van der Waals surface area contributed by atoms with Crippen LogP contribution in [0.25, 0.3) is 11.0 Å². The molecule has 1 N–H and O–H groups in total. The Labute approximate surface area is 192 Å². The van der Waals surface area contributed by atoms with Crippen LogP contribution in [0.1, 0.15) is 74.2 Å². The molecule has 3 aromatic rings. The van der Waals surface area contributed by atoms with Gasteiger partial charge in [0.1, 0.15) is 0 Å². The van der Waals surface area contributed by atoms with E-state index in [1.54, 1.807) is 6.20 Å². The Morgan fingerprint density at radius 2 is 2.00 bits per heavy atom. The number of aromatic nitrogens is 4. The number of thiazole rings is 1. The number of morpholine rings is 1. The average molecular weight is 455 g/mol. The largest absolute Gasteiger partial charge is 0.373 e. The zero-order valence-electron chi connectivity index (χ0n) is 19.0. The highest BCUT2D eigenvalue weighted by molar-refractivity contribution is 7.14. The summed E-state index contributed by atoms with van der Waals surface area (Å²) in [6.45, 7) is 10.9. The first kappa shape index (κ1) is 21.5. The summed E-state index contributed by atoms with van der Waals surface area (Å²) in [6, 6.07) is 2.12. The molecule has 1 aliphatic carbocycles. The molecule has 0 radical (unpaired) electrons. The van der Waals surface area contributed by atoms with Crippen molar-refractivity contribution in [3.8, 4) is 0 Å². The zero-order valence-corrected chi connectivity index (χ0v) is 19.9. The highest BCUT2D eigenvalue weighted by Crippen LogP contribution is 2.40. The first-order valence-electron chi connectivity index (χ1n) is 11.4. The standard InChI is InChI=1S/C23H30N6O2S/c1-13(2)29-21-19(8-24-29)18(7-20(26-21)16-5-6-16)22(30)27-23-25-17(12-32-23)11-28-9-14(3)31-15(4)10-28/h7-8,12-16H,5-6,9-11H2,1-4H3,(H,25,27,30). The molecule has 0 spiro atoms. The van der Waals surface area contributed by atoms with Crippen molar-refractivity contribution in [3.63, 3.8) is 0 Å². The van der Waals surface area contributed by atoms with Gasteiger partial charge in [-0.1, -0.05) is 0 Å². The molecule has 170 valence electrons. The lowest BCUT2D eigenvalue weighted by atomic mass is 10.1. The molecule has 5 rings (SSSR count). The van der Waals surface area contributed by atoms with E-state index in [4.69, 9.17) is 9.72 Å². The summed E-state index contributed by atoms with van der Waals surface area (Å²) in [5, 5.41) is 10.9. The van der Waals surface area contributed by atoms with E-state index in [0.717, 1.165) is 54.9 Å². The molecule has 2 fully saturated rings. The Bertz CT molecular complexity index is 1120. The highest BCUT2D eigenvalue weighted by atomic mass is 32.1. The van der Waals surface area contributed by atoms with Crippen LogP contribution in [0.3, 0.4) is 0 Å². The molecule has 1 saturated heterocycles. The van der Waals surface area contributed by atoms with Gasteiger partial charge in [0.05, 0.1) is 35.0 Å². The van der Waals surface area contributed by atoms with Gasteiger partial charge in [-0.25, -0.2) is 14.6 Å². The maximum Gasteiger partial charge on any atom is 0.258 e. The maximum absolute atomic E-state index is 13.3. The van der Waals surface area contributed by atoms with Gasteiger partial charge in [0.2, 0.25) is 0 Å². The molecule has 2 atom stereocenters.